The molecule has 0 saturated carbocycles. The molecular weight excluding hydrogens is 488 g/mol. The molecule has 3 aromatic rings. The van der Waals surface area contributed by atoms with Crippen molar-refractivity contribution in [2.75, 3.05) is 26.7 Å². The molecule has 0 fully saturated rings. The molecule has 194 valence electrons. The van der Waals surface area contributed by atoms with Crippen molar-refractivity contribution in [2.24, 2.45) is 5.92 Å². The van der Waals surface area contributed by atoms with Crippen molar-refractivity contribution in [2.45, 2.75) is 37.4 Å². The number of aromatic nitrogens is 1. The maximum Gasteiger partial charge on any atom is 0.247 e. The molecular formula is C28H32N4O4S. The van der Waals surface area contributed by atoms with Crippen molar-refractivity contribution in [1.82, 2.24) is 14.2 Å². The van der Waals surface area contributed by atoms with Crippen LogP contribution >= 0.6 is 0 Å². The first-order valence-corrected chi connectivity index (χ1v) is 13.7. The predicted molar refractivity (Wildman–Crippen MR) is 141 cm³/mol. The van der Waals surface area contributed by atoms with Gasteiger partial charge in [0.05, 0.1) is 23.9 Å². The minimum atomic E-state index is -3.93. The van der Waals surface area contributed by atoms with E-state index in [0.29, 0.717) is 18.7 Å². The lowest BCUT2D eigenvalue weighted by atomic mass is 10.0. The maximum atomic E-state index is 13.7. The molecule has 37 heavy (non-hydrogen) atoms. The van der Waals surface area contributed by atoms with E-state index in [4.69, 9.17) is 4.74 Å². The highest BCUT2D eigenvalue weighted by Gasteiger charge is 2.38. The van der Waals surface area contributed by atoms with E-state index in [2.05, 4.69) is 16.0 Å². The second-order valence-corrected chi connectivity index (χ2v) is 11.5. The lowest BCUT2D eigenvalue weighted by Crippen LogP contribution is -2.49. The van der Waals surface area contributed by atoms with Gasteiger partial charge in [0.1, 0.15) is 16.7 Å². The highest BCUT2D eigenvalue weighted by Crippen LogP contribution is 2.36. The molecule has 0 saturated heterocycles. The fourth-order valence-corrected chi connectivity index (χ4v) is 6.36. The molecule has 0 aliphatic carbocycles. The van der Waals surface area contributed by atoms with Gasteiger partial charge in [0.25, 0.3) is 0 Å². The number of fused-ring (bicyclic) bond motifs is 1. The van der Waals surface area contributed by atoms with Gasteiger partial charge in [-0.3, -0.25) is 9.88 Å². The number of ether oxygens (including phenoxy) is 1. The van der Waals surface area contributed by atoms with Crippen LogP contribution in [0.5, 0.6) is 5.75 Å². The minimum Gasteiger partial charge on any atom is -0.487 e. The Morgan fingerprint density at radius 1 is 1.19 bits per heavy atom. The average molecular weight is 521 g/mol. The van der Waals surface area contributed by atoms with Gasteiger partial charge in [-0.15, -0.1) is 0 Å². The van der Waals surface area contributed by atoms with Gasteiger partial charge in [0.15, 0.2) is 0 Å². The van der Waals surface area contributed by atoms with Gasteiger partial charge in [0.2, 0.25) is 10.0 Å². The van der Waals surface area contributed by atoms with E-state index in [-0.39, 0.29) is 35.8 Å². The van der Waals surface area contributed by atoms with E-state index in [1.165, 1.54) is 4.31 Å². The summed E-state index contributed by atoms with van der Waals surface area (Å²) in [7, 11) is -1.94. The molecule has 0 radical (unpaired) electrons. The zero-order chi connectivity index (χ0) is 26.6. The third-order valence-corrected chi connectivity index (χ3v) is 8.66. The summed E-state index contributed by atoms with van der Waals surface area (Å²) in [4.78, 5) is 6.58. The Balaban J connectivity index is 1.74. The van der Waals surface area contributed by atoms with Crippen LogP contribution < -0.4 is 4.74 Å². The molecule has 1 aliphatic rings. The van der Waals surface area contributed by atoms with Crippen LogP contribution in [0.15, 0.2) is 71.8 Å². The van der Waals surface area contributed by atoms with Gasteiger partial charge < -0.3 is 9.84 Å². The smallest absolute Gasteiger partial charge is 0.247 e. The minimum absolute atomic E-state index is 0.0669. The quantitative estimate of drug-likeness (QED) is 0.508. The van der Waals surface area contributed by atoms with Crippen LogP contribution in [0, 0.1) is 17.2 Å². The third-order valence-electron chi connectivity index (χ3n) is 6.64. The average Bonchev–Trinajstić information content (AvgIpc) is 2.90. The van der Waals surface area contributed by atoms with Crippen LogP contribution in [0.3, 0.4) is 0 Å². The van der Waals surface area contributed by atoms with Gasteiger partial charge in [-0.1, -0.05) is 31.2 Å². The van der Waals surface area contributed by atoms with E-state index in [9.17, 15) is 18.8 Å². The predicted octanol–water partition coefficient (Wildman–Crippen LogP) is 3.52. The van der Waals surface area contributed by atoms with Crippen LogP contribution in [-0.4, -0.2) is 66.6 Å². The maximum absolute atomic E-state index is 13.7. The summed E-state index contributed by atoms with van der Waals surface area (Å²) in [6, 6.07) is 19.5. The summed E-state index contributed by atoms with van der Waals surface area (Å²) in [5.41, 5.74) is 2.99. The lowest BCUT2D eigenvalue weighted by molar-refractivity contribution is 0.0731. The van der Waals surface area contributed by atoms with Crippen LogP contribution in [-0.2, 0) is 16.6 Å². The van der Waals surface area contributed by atoms with E-state index < -0.39 is 16.1 Å². The Labute approximate surface area is 218 Å². The number of benzene rings is 2. The molecule has 0 unspecified atom stereocenters. The topological polar surface area (TPSA) is 107 Å². The van der Waals surface area contributed by atoms with Crippen molar-refractivity contribution in [3.63, 3.8) is 0 Å². The molecule has 8 nitrogen and oxygen atoms in total. The Kier molecular flexibility index (Phi) is 8.25. The van der Waals surface area contributed by atoms with Crippen molar-refractivity contribution in [1.29, 1.82) is 5.26 Å². The Morgan fingerprint density at radius 3 is 2.68 bits per heavy atom. The monoisotopic (exact) mass is 520 g/mol. The molecule has 2 heterocycles. The van der Waals surface area contributed by atoms with Crippen molar-refractivity contribution in [3.05, 3.63) is 78.1 Å². The lowest BCUT2D eigenvalue weighted by Gasteiger charge is -2.37. The van der Waals surface area contributed by atoms with Crippen LogP contribution in [0.2, 0.25) is 0 Å². The SMILES string of the molecule is C[C@@H]1CN([C@H](C)CO)S(=O)(=O)c2ccc(-c3cccc(C#N)c3)cc2O[C@H]1CN(C)Cc1ccccn1. The van der Waals surface area contributed by atoms with E-state index in [1.807, 2.05) is 38.2 Å². The van der Waals surface area contributed by atoms with Gasteiger partial charge in [-0.25, -0.2) is 8.42 Å². The number of hydrogen-bond acceptors (Lipinski definition) is 7. The number of sulfonamides is 1. The first-order chi connectivity index (χ1) is 17.7. The number of nitriles is 1. The molecule has 9 heteroatoms. The Morgan fingerprint density at radius 2 is 1.97 bits per heavy atom. The van der Waals surface area contributed by atoms with E-state index in [0.717, 1.165) is 16.8 Å². The van der Waals surface area contributed by atoms with Crippen molar-refractivity contribution in [3.8, 4) is 22.9 Å². The second-order valence-electron chi connectivity index (χ2n) is 9.61. The van der Waals surface area contributed by atoms with Crippen LogP contribution in [0.4, 0.5) is 0 Å². The summed E-state index contributed by atoms with van der Waals surface area (Å²) in [5.74, 6) is 0.103. The number of rotatable bonds is 7. The fourth-order valence-electron chi connectivity index (χ4n) is 4.53. The zero-order valence-electron chi connectivity index (χ0n) is 21.3. The highest BCUT2D eigenvalue weighted by atomic mass is 32.2. The van der Waals surface area contributed by atoms with Gasteiger partial charge >= 0.3 is 0 Å². The molecule has 3 atom stereocenters. The number of hydrogen-bond donors (Lipinski definition) is 1. The molecule has 0 amide bonds. The van der Waals surface area contributed by atoms with Crippen LogP contribution in [0.25, 0.3) is 11.1 Å². The van der Waals surface area contributed by atoms with E-state index >= 15 is 0 Å². The molecule has 2 aromatic carbocycles. The van der Waals surface area contributed by atoms with Gasteiger partial charge in [-0.05, 0) is 61.5 Å². The first kappa shape index (κ1) is 26.8. The van der Waals surface area contributed by atoms with Crippen molar-refractivity contribution >= 4 is 10.0 Å². The Hall–Kier alpha value is -3.29. The summed E-state index contributed by atoms with van der Waals surface area (Å²) in [6.07, 6.45) is 1.44. The molecule has 1 N–H and O–H groups in total. The summed E-state index contributed by atoms with van der Waals surface area (Å²) >= 11 is 0. The number of aliphatic hydroxyl groups excluding tert-OH is 1. The summed E-state index contributed by atoms with van der Waals surface area (Å²) in [6.45, 7) is 4.78. The number of likely N-dealkylation sites (N-methyl/N-ethyl adjacent to an activating group) is 1. The number of pyridine rings is 1. The van der Waals surface area contributed by atoms with E-state index in [1.54, 1.807) is 49.5 Å². The second kappa shape index (κ2) is 11.4. The molecule has 4 rings (SSSR count). The Bertz CT molecular complexity index is 1370. The fraction of sp³-hybridized carbons (Fsp3) is 0.357. The molecule has 1 aliphatic heterocycles. The molecule has 0 bridgehead atoms. The van der Waals surface area contributed by atoms with Crippen molar-refractivity contribution < 1.29 is 18.3 Å². The first-order valence-electron chi connectivity index (χ1n) is 12.3. The van der Waals surface area contributed by atoms with Gasteiger partial charge in [0, 0.05) is 37.8 Å². The standard InChI is InChI=1S/C28H32N4O4S/c1-20-16-32(21(2)19-33)37(34,35)28-11-10-24(23-8-6-7-22(13-23)15-29)14-26(28)36-27(20)18-31(3)17-25-9-4-5-12-30-25/h4-14,20-21,27,33H,16-19H2,1-3H3/t20-,21-,27+/m1/s1. The normalized spacial score (nSPS) is 20.2. The number of nitrogens with zero attached hydrogens (tertiary/aromatic N) is 4. The van der Waals surface area contributed by atoms with Gasteiger partial charge in [-0.2, -0.15) is 9.57 Å². The summed E-state index contributed by atoms with van der Waals surface area (Å²) in [5, 5.41) is 19.2. The number of aliphatic hydroxyl groups is 1. The highest BCUT2D eigenvalue weighted by molar-refractivity contribution is 7.89. The largest absolute Gasteiger partial charge is 0.487 e. The molecule has 1 aromatic heterocycles. The van der Waals surface area contributed by atoms with Crippen LogP contribution in [0.1, 0.15) is 25.1 Å². The zero-order valence-corrected chi connectivity index (χ0v) is 22.1. The third kappa shape index (κ3) is 6.00. The molecule has 0 spiro atoms. The summed E-state index contributed by atoms with van der Waals surface area (Å²) < 4.78 is 35.3.